The monoisotopic (exact) mass is 528 g/mol. The summed E-state index contributed by atoms with van der Waals surface area (Å²) >= 11 is 13.0. The van der Waals surface area contributed by atoms with E-state index in [1.54, 1.807) is 36.1 Å². The molecule has 180 valence electrons. The minimum absolute atomic E-state index is 0.172. The predicted octanol–water partition coefficient (Wildman–Crippen LogP) is 6.75. The van der Waals surface area contributed by atoms with Crippen molar-refractivity contribution >= 4 is 56.9 Å². The number of ether oxygens (including phenoxy) is 1. The summed E-state index contributed by atoms with van der Waals surface area (Å²) in [7, 11) is 0. The zero-order valence-electron chi connectivity index (χ0n) is 19.0. The van der Waals surface area contributed by atoms with Gasteiger partial charge in [-0.05, 0) is 43.8 Å². The van der Waals surface area contributed by atoms with Gasteiger partial charge in [0, 0.05) is 27.2 Å². The maximum Gasteiger partial charge on any atom is 0.341 e. The van der Waals surface area contributed by atoms with Crippen LogP contribution in [0.15, 0.2) is 60.9 Å². The molecule has 0 bridgehead atoms. The summed E-state index contributed by atoms with van der Waals surface area (Å²) < 4.78 is 21.0. The van der Waals surface area contributed by atoms with Gasteiger partial charge >= 0.3 is 5.97 Å². The molecule has 4 aromatic rings. The van der Waals surface area contributed by atoms with Gasteiger partial charge in [0.05, 0.1) is 25.0 Å². The van der Waals surface area contributed by atoms with Crippen LogP contribution >= 0.6 is 35.2 Å². The molecular formula is C25H22ClFN4O2S2. The minimum Gasteiger partial charge on any atom is -0.462 e. The first-order valence-corrected chi connectivity index (χ1v) is 12.4. The number of rotatable bonds is 7. The van der Waals surface area contributed by atoms with Crippen molar-refractivity contribution in [1.29, 1.82) is 0 Å². The number of nitrogens with zero attached hydrogens (tertiary/aromatic N) is 2. The van der Waals surface area contributed by atoms with E-state index >= 15 is 0 Å². The number of thiocarbonyl (C=S) groups is 1. The van der Waals surface area contributed by atoms with E-state index in [-0.39, 0.29) is 18.3 Å². The number of nitrogens with one attached hydrogen (secondary N) is 2. The quantitative estimate of drug-likeness (QED) is 0.204. The largest absolute Gasteiger partial charge is 0.462 e. The van der Waals surface area contributed by atoms with Crippen molar-refractivity contribution in [3.05, 3.63) is 87.8 Å². The number of hydrogen-bond acceptors (Lipinski definition) is 5. The molecule has 2 N–H and O–H groups in total. The van der Waals surface area contributed by atoms with Crippen LogP contribution in [-0.4, -0.2) is 27.5 Å². The second-order valence-electron chi connectivity index (χ2n) is 7.53. The fourth-order valence-corrected chi connectivity index (χ4v) is 5.18. The number of carbonyl (C=O) groups excluding carboxylic acids is 1. The van der Waals surface area contributed by atoms with Gasteiger partial charge in [-0.2, -0.15) is 5.10 Å². The molecule has 0 aliphatic heterocycles. The van der Waals surface area contributed by atoms with Crippen LogP contribution in [-0.2, 0) is 11.3 Å². The van der Waals surface area contributed by atoms with Crippen molar-refractivity contribution in [2.75, 3.05) is 17.2 Å². The Morgan fingerprint density at radius 1 is 1.20 bits per heavy atom. The molecule has 0 aliphatic carbocycles. The molecule has 0 unspecified atom stereocenters. The van der Waals surface area contributed by atoms with E-state index in [4.69, 9.17) is 28.6 Å². The first kappa shape index (κ1) is 24.8. The third kappa shape index (κ3) is 5.70. The Balaban J connectivity index is 1.53. The highest BCUT2D eigenvalue weighted by Crippen LogP contribution is 2.40. The molecule has 10 heteroatoms. The van der Waals surface area contributed by atoms with Crippen LogP contribution in [0, 0.1) is 12.7 Å². The number of hydrogen-bond donors (Lipinski definition) is 2. The first-order chi connectivity index (χ1) is 16.9. The molecule has 0 saturated carbocycles. The van der Waals surface area contributed by atoms with Gasteiger partial charge in [0.25, 0.3) is 0 Å². The summed E-state index contributed by atoms with van der Waals surface area (Å²) in [5.74, 6) is -0.816. The summed E-state index contributed by atoms with van der Waals surface area (Å²) in [6, 6.07) is 14.2. The van der Waals surface area contributed by atoms with E-state index in [9.17, 15) is 9.18 Å². The zero-order valence-corrected chi connectivity index (χ0v) is 21.4. The number of thiophene rings is 1. The Bertz CT molecular complexity index is 1350. The summed E-state index contributed by atoms with van der Waals surface area (Å²) in [6.07, 6.45) is 3.27. The number of halogens is 2. The number of esters is 1. The Morgan fingerprint density at radius 2 is 1.97 bits per heavy atom. The molecule has 0 aliphatic rings. The highest BCUT2D eigenvalue weighted by molar-refractivity contribution is 7.80. The number of aromatic nitrogens is 2. The fourth-order valence-electron chi connectivity index (χ4n) is 3.61. The minimum atomic E-state index is -0.421. The van der Waals surface area contributed by atoms with E-state index in [0.717, 1.165) is 16.0 Å². The first-order valence-electron chi connectivity index (χ1n) is 10.8. The van der Waals surface area contributed by atoms with Crippen molar-refractivity contribution in [2.24, 2.45) is 0 Å². The van der Waals surface area contributed by atoms with Gasteiger partial charge in [-0.15, -0.1) is 11.3 Å². The van der Waals surface area contributed by atoms with E-state index < -0.39 is 11.8 Å². The highest BCUT2D eigenvalue weighted by Gasteiger charge is 2.25. The predicted molar refractivity (Wildman–Crippen MR) is 143 cm³/mol. The van der Waals surface area contributed by atoms with Crippen LogP contribution in [0.2, 0.25) is 5.02 Å². The van der Waals surface area contributed by atoms with E-state index in [2.05, 4.69) is 15.7 Å². The van der Waals surface area contributed by atoms with E-state index in [1.165, 1.54) is 17.4 Å². The molecule has 2 aromatic heterocycles. The topological polar surface area (TPSA) is 68.2 Å². The third-order valence-electron chi connectivity index (χ3n) is 5.13. The zero-order chi connectivity index (χ0) is 24.9. The number of aryl methyl sites for hydroxylation is 1. The average molecular weight is 529 g/mol. The second-order valence-corrected chi connectivity index (χ2v) is 9.57. The van der Waals surface area contributed by atoms with Gasteiger partial charge in [-0.1, -0.05) is 48.0 Å². The molecule has 2 aromatic carbocycles. The number of anilines is 2. The normalized spacial score (nSPS) is 10.7. The van der Waals surface area contributed by atoms with Crippen molar-refractivity contribution in [1.82, 2.24) is 9.78 Å². The molecular weight excluding hydrogens is 507 g/mol. The molecule has 35 heavy (non-hydrogen) atoms. The maximum absolute atomic E-state index is 14.1. The van der Waals surface area contributed by atoms with Crippen LogP contribution in [0.3, 0.4) is 0 Å². The van der Waals surface area contributed by atoms with Crippen molar-refractivity contribution in [3.8, 4) is 11.1 Å². The van der Waals surface area contributed by atoms with Crippen LogP contribution in [0.1, 0.15) is 27.7 Å². The summed E-state index contributed by atoms with van der Waals surface area (Å²) in [5, 5.41) is 11.6. The van der Waals surface area contributed by atoms with Crippen molar-refractivity contribution in [3.63, 3.8) is 0 Å². The van der Waals surface area contributed by atoms with Gasteiger partial charge in [0.2, 0.25) is 0 Å². The molecule has 0 spiro atoms. The molecule has 0 fully saturated rings. The second kappa shape index (κ2) is 11.0. The number of carbonyl (C=O) groups is 1. The Kier molecular flexibility index (Phi) is 7.80. The molecule has 0 radical (unpaired) electrons. The Hall–Kier alpha value is -3.27. The fraction of sp³-hybridized carbons (Fsp3) is 0.160. The Morgan fingerprint density at radius 3 is 2.69 bits per heavy atom. The van der Waals surface area contributed by atoms with E-state index in [0.29, 0.717) is 26.8 Å². The number of benzene rings is 2. The summed E-state index contributed by atoms with van der Waals surface area (Å²) in [6.45, 7) is 4.15. The maximum atomic E-state index is 14.1. The lowest BCUT2D eigenvalue weighted by atomic mass is 10.0. The van der Waals surface area contributed by atoms with Crippen LogP contribution in [0.25, 0.3) is 11.1 Å². The summed E-state index contributed by atoms with van der Waals surface area (Å²) in [5.41, 5.74) is 3.13. The van der Waals surface area contributed by atoms with Gasteiger partial charge in [0.15, 0.2) is 5.11 Å². The lowest BCUT2D eigenvalue weighted by Crippen LogP contribution is -2.20. The summed E-state index contributed by atoms with van der Waals surface area (Å²) in [4.78, 5) is 13.8. The standard InChI is InChI=1S/C25H22ClFN4O2S2/c1-3-33-24(32)22-21(16-8-5-4-6-9-16)15(2)35-23(22)30-25(34)29-17-12-28-31(13-17)14-18-19(26)10-7-11-20(18)27/h4-13H,3,14H2,1-2H3,(H2,29,30,34). The van der Waals surface area contributed by atoms with Gasteiger partial charge < -0.3 is 15.4 Å². The van der Waals surface area contributed by atoms with Crippen molar-refractivity contribution in [2.45, 2.75) is 20.4 Å². The molecule has 0 atom stereocenters. The molecule has 6 nitrogen and oxygen atoms in total. The molecule has 0 amide bonds. The van der Waals surface area contributed by atoms with Crippen LogP contribution < -0.4 is 10.6 Å². The molecule has 2 heterocycles. The molecule has 0 saturated heterocycles. The third-order valence-corrected chi connectivity index (χ3v) is 6.71. The SMILES string of the molecule is CCOC(=O)c1c(NC(=S)Nc2cnn(Cc3c(F)cccc3Cl)c2)sc(C)c1-c1ccccc1. The van der Waals surface area contributed by atoms with Gasteiger partial charge in [0.1, 0.15) is 16.4 Å². The molecule has 4 rings (SSSR count). The van der Waals surface area contributed by atoms with Crippen molar-refractivity contribution < 1.29 is 13.9 Å². The smallest absolute Gasteiger partial charge is 0.341 e. The van der Waals surface area contributed by atoms with Crippen LogP contribution in [0.4, 0.5) is 15.1 Å². The van der Waals surface area contributed by atoms with E-state index in [1.807, 2.05) is 37.3 Å². The van der Waals surface area contributed by atoms with Crippen LogP contribution in [0.5, 0.6) is 0 Å². The van der Waals surface area contributed by atoms with Gasteiger partial charge in [-0.25, -0.2) is 9.18 Å². The van der Waals surface area contributed by atoms with Gasteiger partial charge in [-0.3, -0.25) is 4.68 Å². The Labute approximate surface area is 216 Å². The average Bonchev–Trinajstić information content (AvgIpc) is 3.40. The highest BCUT2D eigenvalue weighted by atomic mass is 35.5. The lowest BCUT2D eigenvalue weighted by Gasteiger charge is -2.11. The lowest BCUT2D eigenvalue weighted by molar-refractivity contribution is 0.0529.